The van der Waals surface area contributed by atoms with E-state index in [1.807, 2.05) is 18.2 Å². The Morgan fingerprint density at radius 1 is 1.18 bits per heavy atom. The largest absolute Gasteiger partial charge is 0.495 e. The highest BCUT2D eigenvalue weighted by Gasteiger charge is 2.14. The van der Waals surface area contributed by atoms with Crippen LogP contribution in [0.25, 0.3) is 10.4 Å². The SMILES string of the molecule is COc1cc(OC)c(-c2ccccc2CBr)s1. The van der Waals surface area contributed by atoms with Gasteiger partial charge in [0.2, 0.25) is 0 Å². The summed E-state index contributed by atoms with van der Waals surface area (Å²) in [6.45, 7) is 0. The van der Waals surface area contributed by atoms with Crippen molar-refractivity contribution in [3.63, 3.8) is 0 Å². The predicted octanol–water partition coefficient (Wildman–Crippen LogP) is 4.33. The molecule has 1 heterocycles. The molecule has 2 aromatic rings. The first-order valence-electron chi connectivity index (χ1n) is 5.16. The molecule has 90 valence electrons. The van der Waals surface area contributed by atoms with Crippen LogP contribution in [-0.4, -0.2) is 14.2 Å². The smallest absolute Gasteiger partial charge is 0.177 e. The molecule has 0 fully saturated rings. The maximum Gasteiger partial charge on any atom is 0.177 e. The fourth-order valence-corrected chi connectivity index (χ4v) is 3.14. The number of hydrogen-bond donors (Lipinski definition) is 0. The second-order valence-electron chi connectivity index (χ2n) is 3.46. The van der Waals surface area contributed by atoms with Crippen molar-refractivity contribution in [2.75, 3.05) is 14.2 Å². The van der Waals surface area contributed by atoms with Gasteiger partial charge in [0.1, 0.15) is 5.75 Å². The minimum Gasteiger partial charge on any atom is -0.495 e. The van der Waals surface area contributed by atoms with E-state index in [1.165, 1.54) is 11.1 Å². The van der Waals surface area contributed by atoms with Crippen LogP contribution in [0.2, 0.25) is 0 Å². The number of halogens is 1. The summed E-state index contributed by atoms with van der Waals surface area (Å²) in [6, 6.07) is 10.2. The number of alkyl halides is 1. The highest BCUT2D eigenvalue weighted by atomic mass is 79.9. The topological polar surface area (TPSA) is 18.5 Å². The van der Waals surface area contributed by atoms with Crippen molar-refractivity contribution in [1.29, 1.82) is 0 Å². The molecule has 0 saturated heterocycles. The number of rotatable bonds is 4. The molecule has 2 nitrogen and oxygen atoms in total. The zero-order chi connectivity index (χ0) is 12.3. The quantitative estimate of drug-likeness (QED) is 0.782. The predicted molar refractivity (Wildman–Crippen MR) is 75.5 cm³/mol. The van der Waals surface area contributed by atoms with E-state index in [4.69, 9.17) is 9.47 Å². The van der Waals surface area contributed by atoms with Gasteiger partial charge in [-0.05, 0) is 11.1 Å². The van der Waals surface area contributed by atoms with Crippen LogP contribution in [0.1, 0.15) is 5.56 Å². The Kier molecular flexibility index (Phi) is 4.07. The van der Waals surface area contributed by atoms with Crippen molar-refractivity contribution in [2.45, 2.75) is 5.33 Å². The Morgan fingerprint density at radius 3 is 2.59 bits per heavy atom. The van der Waals surface area contributed by atoms with Gasteiger partial charge in [-0.3, -0.25) is 0 Å². The molecule has 0 atom stereocenters. The Hall–Kier alpha value is -1.000. The fraction of sp³-hybridized carbons (Fsp3) is 0.231. The molecule has 1 aromatic carbocycles. The standard InChI is InChI=1S/C13H13BrO2S/c1-15-11-7-12(16-2)17-13(11)10-6-4-3-5-9(10)8-14/h3-7H,8H2,1-2H3. The van der Waals surface area contributed by atoms with E-state index in [1.54, 1.807) is 25.6 Å². The maximum atomic E-state index is 5.40. The van der Waals surface area contributed by atoms with Crippen LogP contribution in [0.4, 0.5) is 0 Å². The molecular weight excluding hydrogens is 300 g/mol. The average molecular weight is 313 g/mol. The molecule has 0 spiro atoms. The van der Waals surface area contributed by atoms with Gasteiger partial charge in [-0.2, -0.15) is 0 Å². The molecule has 0 amide bonds. The lowest BCUT2D eigenvalue weighted by atomic mass is 10.1. The lowest BCUT2D eigenvalue weighted by molar-refractivity contribution is 0.406. The van der Waals surface area contributed by atoms with Gasteiger partial charge in [-0.15, -0.1) is 0 Å². The summed E-state index contributed by atoms with van der Waals surface area (Å²) in [5.74, 6) is 0.861. The second kappa shape index (κ2) is 5.56. The first kappa shape index (κ1) is 12.5. The normalized spacial score (nSPS) is 10.3. The van der Waals surface area contributed by atoms with E-state index in [-0.39, 0.29) is 0 Å². The van der Waals surface area contributed by atoms with Crippen LogP contribution >= 0.6 is 27.3 Å². The molecule has 0 aliphatic heterocycles. The first-order valence-corrected chi connectivity index (χ1v) is 7.10. The van der Waals surface area contributed by atoms with Gasteiger partial charge in [0.25, 0.3) is 0 Å². The number of thiophene rings is 1. The molecule has 0 N–H and O–H groups in total. The number of ether oxygens (including phenoxy) is 2. The minimum atomic E-state index is 0.826. The van der Waals surface area contributed by atoms with E-state index in [0.717, 1.165) is 21.0 Å². The van der Waals surface area contributed by atoms with Gasteiger partial charge in [-0.25, -0.2) is 0 Å². The van der Waals surface area contributed by atoms with Crippen LogP contribution in [-0.2, 0) is 5.33 Å². The lowest BCUT2D eigenvalue weighted by Gasteiger charge is -2.06. The molecule has 2 rings (SSSR count). The van der Waals surface area contributed by atoms with E-state index < -0.39 is 0 Å². The molecule has 0 aliphatic carbocycles. The summed E-state index contributed by atoms with van der Waals surface area (Å²) < 4.78 is 10.7. The number of hydrogen-bond acceptors (Lipinski definition) is 3. The van der Waals surface area contributed by atoms with Crippen LogP contribution in [0.15, 0.2) is 30.3 Å². The molecule has 0 radical (unpaired) electrons. The van der Waals surface area contributed by atoms with Crippen molar-refractivity contribution in [3.8, 4) is 21.3 Å². The van der Waals surface area contributed by atoms with E-state index in [2.05, 4.69) is 28.1 Å². The van der Waals surface area contributed by atoms with Gasteiger partial charge >= 0.3 is 0 Å². The zero-order valence-electron chi connectivity index (χ0n) is 9.70. The summed E-state index contributed by atoms with van der Waals surface area (Å²) in [4.78, 5) is 1.11. The third-order valence-electron chi connectivity index (χ3n) is 2.50. The van der Waals surface area contributed by atoms with Crippen molar-refractivity contribution < 1.29 is 9.47 Å². The molecule has 17 heavy (non-hydrogen) atoms. The van der Waals surface area contributed by atoms with Crippen LogP contribution < -0.4 is 9.47 Å². The van der Waals surface area contributed by atoms with Crippen molar-refractivity contribution in [1.82, 2.24) is 0 Å². The minimum absolute atomic E-state index is 0.826. The van der Waals surface area contributed by atoms with E-state index >= 15 is 0 Å². The van der Waals surface area contributed by atoms with Crippen LogP contribution in [0, 0.1) is 0 Å². The summed E-state index contributed by atoms with van der Waals surface area (Å²) in [5.41, 5.74) is 2.44. The Bertz CT molecular complexity index is 508. The zero-order valence-corrected chi connectivity index (χ0v) is 12.1. The fourth-order valence-electron chi connectivity index (χ4n) is 1.65. The summed E-state index contributed by atoms with van der Waals surface area (Å²) in [5, 5.41) is 1.69. The Morgan fingerprint density at radius 2 is 1.94 bits per heavy atom. The summed E-state index contributed by atoms with van der Waals surface area (Å²) in [7, 11) is 3.35. The van der Waals surface area contributed by atoms with Crippen molar-refractivity contribution in [3.05, 3.63) is 35.9 Å². The van der Waals surface area contributed by atoms with Gasteiger partial charge in [-0.1, -0.05) is 51.5 Å². The van der Waals surface area contributed by atoms with Gasteiger partial charge in [0.15, 0.2) is 5.06 Å². The molecule has 1 aromatic heterocycles. The van der Waals surface area contributed by atoms with E-state index in [9.17, 15) is 0 Å². The average Bonchev–Trinajstić information content (AvgIpc) is 2.81. The second-order valence-corrected chi connectivity index (χ2v) is 5.03. The number of benzene rings is 1. The highest BCUT2D eigenvalue weighted by molar-refractivity contribution is 9.08. The third kappa shape index (κ3) is 2.48. The first-order chi connectivity index (χ1) is 8.30. The third-order valence-corrected chi connectivity index (χ3v) is 4.22. The summed E-state index contributed by atoms with van der Waals surface area (Å²) in [6.07, 6.45) is 0. The number of methoxy groups -OCH3 is 2. The van der Waals surface area contributed by atoms with Crippen molar-refractivity contribution in [2.24, 2.45) is 0 Å². The molecule has 4 heteroatoms. The monoisotopic (exact) mass is 312 g/mol. The Balaban J connectivity index is 2.54. The molecule has 0 saturated carbocycles. The molecular formula is C13H13BrO2S. The highest BCUT2D eigenvalue weighted by Crippen LogP contribution is 2.43. The van der Waals surface area contributed by atoms with Gasteiger partial charge in [0, 0.05) is 11.4 Å². The van der Waals surface area contributed by atoms with Crippen LogP contribution in [0.5, 0.6) is 10.8 Å². The van der Waals surface area contributed by atoms with Crippen LogP contribution in [0.3, 0.4) is 0 Å². The molecule has 0 unspecified atom stereocenters. The van der Waals surface area contributed by atoms with E-state index in [0.29, 0.717) is 0 Å². The Labute approximate surface area is 113 Å². The summed E-state index contributed by atoms with van der Waals surface area (Å²) >= 11 is 5.11. The van der Waals surface area contributed by atoms with Crippen molar-refractivity contribution >= 4 is 27.3 Å². The lowest BCUT2D eigenvalue weighted by Crippen LogP contribution is -1.86. The maximum absolute atomic E-state index is 5.40. The molecule has 0 bridgehead atoms. The van der Waals surface area contributed by atoms with Gasteiger partial charge < -0.3 is 9.47 Å². The molecule has 0 aliphatic rings. The van der Waals surface area contributed by atoms with Gasteiger partial charge in [0.05, 0.1) is 19.1 Å².